The van der Waals surface area contributed by atoms with Gasteiger partial charge < -0.3 is 15.6 Å². The van der Waals surface area contributed by atoms with E-state index in [-0.39, 0.29) is 5.41 Å². The van der Waals surface area contributed by atoms with Crippen LogP contribution in [0.4, 0.5) is 0 Å². The van der Waals surface area contributed by atoms with Gasteiger partial charge in [-0.25, -0.2) is 0 Å². The fourth-order valence-electron chi connectivity index (χ4n) is 3.45. The number of aryl methyl sites for hydroxylation is 1. The topological polar surface area (TPSA) is 55.5 Å². The van der Waals surface area contributed by atoms with E-state index in [1.165, 1.54) is 25.7 Å². The van der Waals surface area contributed by atoms with Crippen molar-refractivity contribution in [1.29, 1.82) is 0 Å². The first kappa shape index (κ1) is 15.3. The van der Waals surface area contributed by atoms with Crippen LogP contribution in [0.15, 0.2) is 18.2 Å². The molecule has 1 aromatic rings. The summed E-state index contributed by atoms with van der Waals surface area (Å²) >= 11 is 0. The van der Waals surface area contributed by atoms with Gasteiger partial charge in [0, 0.05) is 12.0 Å². The van der Waals surface area contributed by atoms with Crippen LogP contribution in [0.3, 0.4) is 0 Å². The van der Waals surface area contributed by atoms with Crippen molar-refractivity contribution in [3.8, 4) is 5.75 Å². The maximum absolute atomic E-state index is 10.9. The van der Waals surface area contributed by atoms with Crippen LogP contribution in [0.2, 0.25) is 0 Å². The van der Waals surface area contributed by atoms with Gasteiger partial charge in [0.05, 0.1) is 13.2 Å². The number of benzene rings is 1. The lowest BCUT2D eigenvalue weighted by Crippen LogP contribution is -2.36. The fraction of sp³-hybridized carbons (Fsp3) is 0.647. The molecular formula is C17H27NO2. The zero-order valence-electron chi connectivity index (χ0n) is 12.7. The normalized spacial score (nSPS) is 20.2. The number of ether oxygens (including phenoxy) is 1. The lowest BCUT2D eigenvalue weighted by molar-refractivity contribution is 0.0166. The van der Waals surface area contributed by atoms with E-state index >= 15 is 0 Å². The highest BCUT2D eigenvalue weighted by molar-refractivity contribution is 5.37. The number of hydrogen-bond donors (Lipinski definition) is 2. The zero-order valence-corrected chi connectivity index (χ0v) is 12.7. The van der Waals surface area contributed by atoms with Crippen molar-refractivity contribution in [2.45, 2.75) is 51.6 Å². The van der Waals surface area contributed by atoms with E-state index in [0.717, 1.165) is 29.7 Å². The summed E-state index contributed by atoms with van der Waals surface area (Å²) in [6, 6.07) is 5.94. The van der Waals surface area contributed by atoms with Crippen molar-refractivity contribution in [2.75, 3.05) is 13.7 Å². The molecule has 0 heterocycles. The molecule has 112 valence electrons. The van der Waals surface area contributed by atoms with E-state index in [1.807, 2.05) is 25.1 Å². The molecule has 1 aromatic carbocycles. The fourth-order valence-corrected chi connectivity index (χ4v) is 3.45. The van der Waals surface area contributed by atoms with Crippen molar-refractivity contribution in [3.05, 3.63) is 29.3 Å². The van der Waals surface area contributed by atoms with Crippen LogP contribution in [0.5, 0.6) is 5.75 Å². The molecule has 2 rings (SSSR count). The molecule has 0 radical (unpaired) electrons. The Kier molecular flexibility index (Phi) is 5.06. The first-order valence-corrected chi connectivity index (χ1v) is 7.65. The van der Waals surface area contributed by atoms with Gasteiger partial charge in [0.1, 0.15) is 5.75 Å². The molecule has 1 fully saturated rings. The second-order valence-corrected chi connectivity index (χ2v) is 6.11. The number of hydrogen-bond acceptors (Lipinski definition) is 3. The van der Waals surface area contributed by atoms with Crippen LogP contribution in [0.25, 0.3) is 0 Å². The van der Waals surface area contributed by atoms with E-state index in [0.29, 0.717) is 6.54 Å². The third-order valence-electron chi connectivity index (χ3n) is 4.82. The largest absolute Gasteiger partial charge is 0.496 e. The summed E-state index contributed by atoms with van der Waals surface area (Å²) in [6.07, 6.45) is 6.43. The summed E-state index contributed by atoms with van der Waals surface area (Å²) in [5.41, 5.74) is 7.93. The molecule has 1 unspecified atom stereocenters. The van der Waals surface area contributed by atoms with E-state index in [1.54, 1.807) is 7.11 Å². The average molecular weight is 277 g/mol. The second-order valence-electron chi connectivity index (χ2n) is 6.11. The standard InChI is InChI=1S/C17H27NO2/c1-13-11-14(7-8-15(13)20-2)16(19)17(12-18)9-5-3-4-6-10-17/h7-8,11,16,19H,3-6,9-10,12,18H2,1-2H3. The van der Waals surface area contributed by atoms with Crippen molar-refractivity contribution in [2.24, 2.45) is 11.1 Å². The number of aliphatic hydroxyl groups excluding tert-OH is 1. The first-order valence-electron chi connectivity index (χ1n) is 7.65. The van der Waals surface area contributed by atoms with Crippen LogP contribution in [-0.4, -0.2) is 18.8 Å². The summed E-state index contributed by atoms with van der Waals surface area (Å²) in [4.78, 5) is 0. The third-order valence-corrected chi connectivity index (χ3v) is 4.82. The van der Waals surface area contributed by atoms with Crippen molar-refractivity contribution >= 4 is 0 Å². The maximum Gasteiger partial charge on any atom is 0.121 e. The van der Waals surface area contributed by atoms with E-state index in [9.17, 15) is 5.11 Å². The first-order chi connectivity index (χ1) is 9.63. The Morgan fingerprint density at radius 2 is 1.90 bits per heavy atom. The SMILES string of the molecule is COc1ccc(C(O)C2(CN)CCCCCC2)cc1C. The molecule has 3 heteroatoms. The minimum Gasteiger partial charge on any atom is -0.496 e. The van der Waals surface area contributed by atoms with Crippen LogP contribution >= 0.6 is 0 Å². The molecule has 0 aromatic heterocycles. The minimum atomic E-state index is -0.477. The molecule has 0 spiro atoms. The minimum absolute atomic E-state index is 0.155. The highest BCUT2D eigenvalue weighted by Crippen LogP contribution is 2.44. The number of methoxy groups -OCH3 is 1. The summed E-state index contributed by atoms with van der Waals surface area (Å²) in [5.74, 6) is 0.864. The molecule has 1 aliphatic rings. The molecular weight excluding hydrogens is 250 g/mol. The Bertz CT molecular complexity index is 437. The van der Waals surface area contributed by atoms with Crippen molar-refractivity contribution in [3.63, 3.8) is 0 Å². The summed E-state index contributed by atoms with van der Waals surface area (Å²) in [6.45, 7) is 2.57. The molecule has 0 bridgehead atoms. The quantitative estimate of drug-likeness (QED) is 0.830. The predicted molar refractivity (Wildman–Crippen MR) is 81.9 cm³/mol. The van der Waals surface area contributed by atoms with Crippen LogP contribution in [0.1, 0.15) is 55.8 Å². The Morgan fingerprint density at radius 1 is 1.25 bits per heavy atom. The molecule has 20 heavy (non-hydrogen) atoms. The Balaban J connectivity index is 2.27. The van der Waals surface area contributed by atoms with Gasteiger partial charge in [-0.15, -0.1) is 0 Å². The predicted octanol–water partition coefficient (Wildman–Crippen LogP) is 3.34. The summed E-state index contributed by atoms with van der Waals surface area (Å²) in [5, 5.41) is 10.9. The second kappa shape index (κ2) is 6.59. The maximum atomic E-state index is 10.9. The van der Waals surface area contributed by atoms with E-state index < -0.39 is 6.10 Å². The van der Waals surface area contributed by atoms with Gasteiger partial charge in [0.2, 0.25) is 0 Å². The van der Waals surface area contributed by atoms with Crippen LogP contribution in [-0.2, 0) is 0 Å². The molecule has 0 amide bonds. The van der Waals surface area contributed by atoms with E-state index in [4.69, 9.17) is 10.5 Å². The average Bonchev–Trinajstić information content (AvgIpc) is 2.72. The number of nitrogens with two attached hydrogens (primary N) is 1. The van der Waals surface area contributed by atoms with Gasteiger partial charge in [-0.1, -0.05) is 31.7 Å². The van der Waals surface area contributed by atoms with E-state index in [2.05, 4.69) is 0 Å². The lowest BCUT2D eigenvalue weighted by Gasteiger charge is -2.37. The molecule has 0 aliphatic heterocycles. The van der Waals surface area contributed by atoms with Gasteiger partial charge in [0.15, 0.2) is 0 Å². The Morgan fingerprint density at radius 3 is 2.40 bits per heavy atom. The van der Waals surface area contributed by atoms with Gasteiger partial charge in [-0.05, 0) is 43.0 Å². The summed E-state index contributed by atoms with van der Waals surface area (Å²) in [7, 11) is 1.67. The lowest BCUT2D eigenvalue weighted by atomic mass is 9.73. The molecule has 1 aliphatic carbocycles. The van der Waals surface area contributed by atoms with Gasteiger partial charge >= 0.3 is 0 Å². The molecule has 3 nitrogen and oxygen atoms in total. The zero-order chi connectivity index (χ0) is 14.6. The third kappa shape index (κ3) is 2.99. The Hall–Kier alpha value is -1.06. The Labute approximate surface area is 122 Å². The highest BCUT2D eigenvalue weighted by atomic mass is 16.5. The number of aliphatic hydroxyl groups is 1. The summed E-state index contributed by atoms with van der Waals surface area (Å²) < 4.78 is 5.29. The van der Waals surface area contributed by atoms with Gasteiger partial charge in [-0.3, -0.25) is 0 Å². The van der Waals surface area contributed by atoms with Crippen molar-refractivity contribution in [1.82, 2.24) is 0 Å². The number of rotatable bonds is 4. The molecule has 1 saturated carbocycles. The van der Waals surface area contributed by atoms with Crippen molar-refractivity contribution < 1.29 is 9.84 Å². The molecule has 1 atom stereocenters. The van der Waals surface area contributed by atoms with Crippen LogP contribution < -0.4 is 10.5 Å². The molecule has 0 saturated heterocycles. The smallest absolute Gasteiger partial charge is 0.121 e. The molecule has 3 N–H and O–H groups in total. The van der Waals surface area contributed by atoms with Gasteiger partial charge in [-0.2, -0.15) is 0 Å². The van der Waals surface area contributed by atoms with Crippen LogP contribution in [0, 0.1) is 12.3 Å². The van der Waals surface area contributed by atoms with Gasteiger partial charge in [0.25, 0.3) is 0 Å². The monoisotopic (exact) mass is 277 g/mol. The highest BCUT2D eigenvalue weighted by Gasteiger charge is 2.37.